The van der Waals surface area contributed by atoms with Crippen molar-refractivity contribution >= 4 is 11.9 Å². The molecule has 0 bridgehead atoms. The van der Waals surface area contributed by atoms with E-state index in [0.29, 0.717) is 30.8 Å². The minimum absolute atomic E-state index is 0.458. The molecular formula is C12H21F3N2O3. The van der Waals surface area contributed by atoms with E-state index in [4.69, 9.17) is 5.11 Å². The van der Waals surface area contributed by atoms with Gasteiger partial charge in [0, 0.05) is 13.1 Å². The Hall–Kier alpha value is -1.31. The summed E-state index contributed by atoms with van der Waals surface area (Å²) in [6.07, 6.45) is -3.13. The van der Waals surface area contributed by atoms with Crippen molar-refractivity contribution in [3.63, 3.8) is 0 Å². The van der Waals surface area contributed by atoms with Crippen LogP contribution in [0.5, 0.6) is 0 Å². The number of amides is 1. The van der Waals surface area contributed by atoms with Gasteiger partial charge in [0.25, 0.3) is 0 Å². The highest BCUT2D eigenvalue weighted by Crippen LogP contribution is 2.16. The number of carbonyl (C=O) groups excluding carboxylic acids is 1. The van der Waals surface area contributed by atoms with Gasteiger partial charge in [-0.05, 0) is 12.8 Å². The van der Waals surface area contributed by atoms with E-state index in [0.717, 1.165) is 0 Å². The van der Waals surface area contributed by atoms with Crippen molar-refractivity contribution in [3.05, 3.63) is 0 Å². The number of alkyl halides is 3. The van der Waals surface area contributed by atoms with E-state index >= 15 is 0 Å². The third-order valence-electron chi connectivity index (χ3n) is 2.46. The molecule has 118 valence electrons. The highest BCUT2D eigenvalue weighted by molar-refractivity contribution is 5.79. The highest BCUT2D eigenvalue weighted by atomic mass is 19.4. The summed E-state index contributed by atoms with van der Waals surface area (Å²) in [5, 5.41) is 8.61. The Balaban J connectivity index is 4.67. The van der Waals surface area contributed by atoms with Crippen molar-refractivity contribution in [2.24, 2.45) is 0 Å². The van der Waals surface area contributed by atoms with E-state index in [1.165, 1.54) is 4.90 Å². The molecule has 8 heteroatoms. The van der Waals surface area contributed by atoms with Crippen LogP contribution in [-0.4, -0.2) is 65.7 Å². The van der Waals surface area contributed by atoms with Crippen molar-refractivity contribution in [1.82, 2.24) is 9.80 Å². The summed E-state index contributed by atoms with van der Waals surface area (Å²) in [5.41, 5.74) is 0. The second-order valence-electron chi connectivity index (χ2n) is 4.53. The number of carboxylic acids is 1. The first-order chi connectivity index (χ1) is 9.19. The molecule has 1 amide bonds. The van der Waals surface area contributed by atoms with Crippen LogP contribution < -0.4 is 0 Å². The van der Waals surface area contributed by atoms with Gasteiger partial charge in [0.1, 0.15) is 0 Å². The number of hydrogen-bond donors (Lipinski definition) is 1. The van der Waals surface area contributed by atoms with E-state index in [9.17, 15) is 22.8 Å². The molecule has 5 nitrogen and oxygen atoms in total. The molecule has 0 heterocycles. The van der Waals surface area contributed by atoms with Gasteiger partial charge >= 0.3 is 12.1 Å². The lowest BCUT2D eigenvalue weighted by Crippen LogP contribution is -2.46. The zero-order chi connectivity index (χ0) is 15.8. The molecule has 0 fully saturated rings. The van der Waals surface area contributed by atoms with Crippen LogP contribution in [0, 0.1) is 0 Å². The van der Waals surface area contributed by atoms with Crippen LogP contribution in [-0.2, 0) is 9.59 Å². The molecule has 0 spiro atoms. The van der Waals surface area contributed by atoms with Gasteiger partial charge in [0.2, 0.25) is 5.91 Å². The molecule has 0 atom stereocenters. The second kappa shape index (κ2) is 8.78. The molecule has 0 aliphatic heterocycles. The zero-order valence-corrected chi connectivity index (χ0v) is 11.7. The lowest BCUT2D eigenvalue weighted by atomic mass is 10.3. The maximum Gasteiger partial charge on any atom is 0.401 e. The normalized spacial score (nSPS) is 11.7. The van der Waals surface area contributed by atoms with E-state index in [2.05, 4.69) is 0 Å². The van der Waals surface area contributed by atoms with Gasteiger partial charge in [0.05, 0.1) is 19.6 Å². The van der Waals surface area contributed by atoms with Crippen LogP contribution in [0.3, 0.4) is 0 Å². The summed E-state index contributed by atoms with van der Waals surface area (Å²) in [6, 6.07) is 0. The Bertz CT molecular complexity index is 316. The summed E-state index contributed by atoms with van der Waals surface area (Å²) in [5.74, 6) is -1.86. The van der Waals surface area contributed by atoms with E-state index in [1.807, 2.05) is 13.8 Å². The Morgan fingerprint density at radius 2 is 1.55 bits per heavy atom. The standard InChI is InChI=1S/C12H21F3N2O3/c1-3-5-17(6-4-2)10(18)7-16(8-11(19)20)9-12(13,14)15/h3-9H2,1-2H3,(H,19,20). The number of halogens is 3. The number of aliphatic carboxylic acids is 1. The average molecular weight is 298 g/mol. The molecule has 0 unspecified atom stereocenters. The first-order valence-electron chi connectivity index (χ1n) is 6.48. The van der Waals surface area contributed by atoms with Crippen molar-refractivity contribution in [2.75, 3.05) is 32.7 Å². The smallest absolute Gasteiger partial charge is 0.401 e. The third-order valence-corrected chi connectivity index (χ3v) is 2.46. The molecule has 1 N–H and O–H groups in total. The average Bonchev–Trinajstić information content (AvgIpc) is 2.25. The largest absolute Gasteiger partial charge is 0.480 e. The van der Waals surface area contributed by atoms with Crippen LogP contribution in [0.2, 0.25) is 0 Å². The summed E-state index contributed by atoms with van der Waals surface area (Å²) < 4.78 is 37.0. The molecule has 0 rings (SSSR count). The predicted molar refractivity (Wildman–Crippen MR) is 67.3 cm³/mol. The highest BCUT2D eigenvalue weighted by Gasteiger charge is 2.32. The molecule has 0 aliphatic carbocycles. The molecule has 0 aromatic heterocycles. The molecule has 0 aromatic rings. The minimum Gasteiger partial charge on any atom is -0.480 e. The lowest BCUT2D eigenvalue weighted by Gasteiger charge is -2.26. The lowest BCUT2D eigenvalue weighted by molar-refractivity contribution is -0.157. The predicted octanol–water partition coefficient (Wildman–Crippen LogP) is 1.58. The summed E-state index contributed by atoms with van der Waals surface area (Å²) in [4.78, 5) is 24.6. The molecule has 0 aliphatic rings. The van der Waals surface area contributed by atoms with Gasteiger partial charge in [0.15, 0.2) is 0 Å². The second-order valence-corrected chi connectivity index (χ2v) is 4.53. The Labute approximate surface area is 116 Å². The Morgan fingerprint density at radius 1 is 1.05 bits per heavy atom. The molecular weight excluding hydrogens is 277 g/mol. The summed E-state index contributed by atoms with van der Waals surface area (Å²) in [7, 11) is 0. The van der Waals surface area contributed by atoms with Crippen LogP contribution in [0.4, 0.5) is 13.2 Å². The van der Waals surface area contributed by atoms with Gasteiger partial charge in [-0.1, -0.05) is 13.8 Å². The molecule has 0 saturated carbocycles. The van der Waals surface area contributed by atoms with Crippen LogP contribution in [0.25, 0.3) is 0 Å². The summed E-state index contributed by atoms with van der Waals surface area (Å²) in [6.45, 7) is 1.89. The van der Waals surface area contributed by atoms with E-state index in [-0.39, 0.29) is 0 Å². The monoisotopic (exact) mass is 298 g/mol. The van der Waals surface area contributed by atoms with Gasteiger partial charge in [-0.2, -0.15) is 13.2 Å². The number of nitrogens with zero attached hydrogens (tertiary/aromatic N) is 2. The van der Waals surface area contributed by atoms with Crippen molar-refractivity contribution in [3.8, 4) is 0 Å². The molecule has 0 aromatic carbocycles. The van der Waals surface area contributed by atoms with Crippen LogP contribution in [0.15, 0.2) is 0 Å². The fourth-order valence-electron chi connectivity index (χ4n) is 1.80. The van der Waals surface area contributed by atoms with Crippen LogP contribution in [0.1, 0.15) is 26.7 Å². The van der Waals surface area contributed by atoms with E-state index in [1.54, 1.807) is 0 Å². The fourth-order valence-corrected chi connectivity index (χ4v) is 1.80. The number of rotatable bonds is 9. The first kappa shape index (κ1) is 18.7. The number of carboxylic acid groups (broad SMARTS) is 1. The molecule has 20 heavy (non-hydrogen) atoms. The van der Waals surface area contributed by atoms with Crippen LogP contribution >= 0.6 is 0 Å². The maximum atomic E-state index is 12.3. The van der Waals surface area contributed by atoms with Crippen molar-refractivity contribution in [1.29, 1.82) is 0 Å². The quantitative estimate of drug-likeness (QED) is 0.702. The van der Waals surface area contributed by atoms with Gasteiger partial charge < -0.3 is 10.0 Å². The topological polar surface area (TPSA) is 60.9 Å². The van der Waals surface area contributed by atoms with Gasteiger partial charge in [-0.3, -0.25) is 14.5 Å². The van der Waals surface area contributed by atoms with E-state index < -0.39 is 37.7 Å². The zero-order valence-electron chi connectivity index (χ0n) is 11.7. The van der Waals surface area contributed by atoms with Crippen molar-refractivity contribution in [2.45, 2.75) is 32.9 Å². The van der Waals surface area contributed by atoms with Gasteiger partial charge in [-0.15, -0.1) is 0 Å². The van der Waals surface area contributed by atoms with Crippen molar-refractivity contribution < 1.29 is 27.9 Å². The SMILES string of the molecule is CCCN(CCC)C(=O)CN(CC(=O)O)CC(F)(F)F. The van der Waals surface area contributed by atoms with Gasteiger partial charge in [-0.25, -0.2) is 0 Å². The Kier molecular flexibility index (Phi) is 8.21. The number of carbonyl (C=O) groups is 2. The molecule has 0 radical (unpaired) electrons. The fraction of sp³-hybridized carbons (Fsp3) is 0.833. The maximum absolute atomic E-state index is 12.3. The Morgan fingerprint density at radius 3 is 1.90 bits per heavy atom. The molecule has 0 saturated heterocycles. The first-order valence-corrected chi connectivity index (χ1v) is 6.48. The minimum atomic E-state index is -4.53. The summed E-state index contributed by atoms with van der Waals surface area (Å²) >= 11 is 0. The third kappa shape index (κ3) is 8.73. The number of hydrogen-bond acceptors (Lipinski definition) is 3.